The van der Waals surface area contributed by atoms with Gasteiger partial charge in [-0.15, -0.1) is 0 Å². The second kappa shape index (κ2) is 6.04. The molecule has 1 atom stereocenters. The van der Waals surface area contributed by atoms with Crippen LogP contribution in [0.1, 0.15) is 11.1 Å². The molecule has 0 saturated carbocycles. The van der Waals surface area contributed by atoms with Crippen LogP contribution in [0.5, 0.6) is 0 Å². The van der Waals surface area contributed by atoms with Crippen LogP contribution in [-0.4, -0.2) is 0 Å². The fraction of sp³-hybridized carbons (Fsp3) is 0. The van der Waals surface area contributed by atoms with Crippen molar-refractivity contribution in [2.24, 2.45) is 0 Å². The maximum Gasteiger partial charge on any atom is 0.173 e. The molecule has 1 aliphatic rings. The zero-order chi connectivity index (χ0) is 16.7. The number of hydrogen-bond acceptors (Lipinski definition) is 1. The van der Waals surface area contributed by atoms with Crippen molar-refractivity contribution in [1.29, 1.82) is 0 Å². The molecule has 0 saturated heterocycles. The third-order valence-corrected chi connectivity index (χ3v) is 8.83. The number of benzene rings is 3. The third kappa shape index (κ3) is 2.33. The number of rotatable bonds is 2. The van der Waals surface area contributed by atoms with Crippen molar-refractivity contribution in [1.82, 2.24) is 0 Å². The van der Waals surface area contributed by atoms with Crippen LogP contribution in [0.25, 0.3) is 9.80 Å². The molecule has 0 amide bonds. The smallest absolute Gasteiger partial charge is 0.173 e. The van der Waals surface area contributed by atoms with Crippen molar-refractivity contribution < 1.29 is 4.57 Å². The van der Waals surface area contributed by atoms with E-state index >= 15 is 0 Å². The predicted molar refractivity (Wildman–Crippen MR) is 107 cm³/mol. The Bertz CT molecular complexity index is 994. The highest BCUT2D eigenvalue weighted by Gasteiger charge is 2.42. The van der Waals surface area contributed by atoms with Crippen LogP contribution in [0, 0.1) is 0 Å². The van der Waals surface area contributed by atoms with E-state index in [1.807, 2.05) is 78.9 Å². The van der Waals surface area contributed by atoms with Crippen molar-refractivity contribution in [3.05, 3.63) is 95.0 Å². The van der Waals surface area contributed by atoms with Gasteiger partial charge in [0, 0.05) is 31.0 Å². The fourth-order valence-electron chi connectivity index (χ4n) is 3.14. The van der Waals surface area contributed by atoms with Gasteiger partial charge in [-0.3, -0.25) is 0 Å². The molecule has 3 aromatic carbocycles. The third-order valence-electron chi connectivity index (χ3n) is 4.24. The standard InChI is InChI=1S/C20H13BrClOP/c21-19-17-8-4-5-9-18(17)24(23,16-6-2-1-3-7-16)20(19)14-10-12-15(22)13-11-14/h1-13H. The van der Waals surface area contributed by atoms with Crippen LogP contribution in [0.3, 0.4) is 0 Å². The molecule has 0 fully saturated rings. The Morgan fingerprint density at radius 3 is 2.12 bits per heavy atom. The van der Waals surface area contributed by atoms with E-state index in [0.29, 0.717) is 5.02 Å². The minimum absolute atomic E-state index is 0.667. The maximum absolute atomic E-state index is 14.3. The second-order valence-corrected chi connectivity index (χ2v) is 9.52. The summed E-state index contributed by atoms with van der Waals surface area (Å²) >= 11 is 9.74. The van der Waals surface area contributed by atoms with Gasteiger partial charge in [0.05, 0.1) is 0 Å². The van der Waals surface area contributed by atoms with Crippen LogP contribution in [0.4, 0.5) is 0 Å². The summed E-state index contributed by atoms with van der Waals surface area (Å²) in [4.78, 5) is 0. The van der Waals surface area contributed by atoms with Gasteiger partial charge in [-0.05, 0) is 33.6 Å². The Kier molecular flexibility index (Phi) is 4.00. The number of hydrogen-bond donors (Lipinski definition) is 0. The van der Waals surface area contributed by atoms with E-state index in [-0.39, 0.29) is 0 Å². The van der Waals surface area contributed by atoms with Gasteiger partial charge in [0.2, 0.25) is 0 Å². The topological polar surface area (TPSA) is 17.1 Å². The van der Waals surface area contributed by atoms with Crippen LogP contribution >= 0.6 is 34.7 Å². The van der Waals surface area contributed by atoms with Gasteiger partial charge in [-0.2, -0.15) is 0 Å². The lowest BCUT2D eigenvalue weighted by atomic mass is 10.1. The van der Waals surface area contributed by atoms with E-state index in [4.69, 9.17) is 11.6 Å². The van der Waals surface area contributed by atoms with Crippen LogP contribution < -0.4 is 10.6 Å². The first kappa shape index (κ1) is 15.9. The van der Waals surface area contributed by atoms with E-state index in [9.17, 15) is 4.57 Å². The van der Waals surface area contributed by atoms with Gasteiger partial charge in [-0.25, -0.2) is 0 Å². The van der Waals surface area contributed by atoms with Gasteiger partial charge in [0.15, 0.2) is 7.14 Å². The zero-order valence-electron chi connectivity index (χ0n) is 12.6. The molecule has 0 bridgehead atoms. The fourth-order valence-corrected chi connectivity index (χ4v) is 7.85. The van der Waals surface area contributed by atoms with Gasteiger partial charge >= 0.3 is 0 Å². The Hall–Kier alpha value is -1.60. The summed E-state index contributed by atoms with van der Waals surface area (Å²) in [7, 11) is -2.93. The Morgan fingerprint density at radius 1 is 0.792 bits per heavy atom. The van der Waals surface area contributed by atoms with Crippen molar-refractivity contribution in [2.75, 3.05) is 0 Å². The van der Waals surface area contributed by atoms with E-state index in [0.717, 1.165) is 31.5 Å². The molecule has 3 aromatic rings. The van der Waals surface area contributed by atoms with Gasteiger partial charge < -0.3 is 4.57 Å². The van der Waals surface area contributed by atoms with Crippen LogP contribution in [0.2, 0.25) is 5.02 Å². The van der Waals surface area contributed by atoms with Gasteiger partial charge in [-0.1, -0.05) is 78.3 Å². The zero-order valence-corrected chi connectivity index (χ0v) is 15.9. The van der Waals surface area contributed by atoms with Crippen molar-refractivity contribution in [3.8, 4) is 0 Å². The summed E-state index contributed by atoms with van der Waals surface area (Å²) < 4.78 is 15.2. The first-order valence-electron chi connectivity index (χ1n) is 7.54. The quantitative estimate of drug-likeness (QED) is 0.477. The number of fused-ring (bicyclic) bond motifs is 1. The molecule has 1 unspecified atom stereocenters. The molecule has 1 heterocycles. The minimum atomic E-state index is -2.93. The lowest BCUT2D eigenvalue weighted by Crippen LogP contribution is -2.15. The molecule has 1 nitrogen and oxygen atoms in total. The molecule has 24 heavy (non-hydrogen) atoms. The SMILES string of the molecule is O=P1(c2ccccc2)C(c2ccc(Cl)cc2)=C(Br)c2ccccc21. The highest BCUT2D eigenvalue weighted by Crippen LogP contribution is 2.65. The molecule has 1 aliphatic heterocycles. The Labute approximate surface area is 154 Å². The largest absolute Gasteiger partial charge is 0.309 e. The summed E-state index contributed by atoms with van der Waals surface area (Å²) in [6.45, 7) is 0. The van der Waals surface area contributed by atoms with Crippen molar-refractivity contribution in [3.63, 3.8) is 0 Å². The summed E-state index contributed by atoms with van der Waals surface area (Å²) in [5.41, 5.74) is 1.92. The Morgan fingerprint density at radius 2 is 1.42 bits per heavy atom. The van der Waals surface area contributed by atoms with E-state index in [1.165, 1.54) is 0 Å². The molecule has 4 heteroatoms. The lowest BCUT2D eigenvalue weighted by molar-refractivity contribution is 0.593. The molecule has 0 aliphatic carbocycles. The highest BCUT2D eigenvalue weighted by molar-refractivity contribution is 9.15. The monoisotopic (exact) mass is 414 g/mol. The molecule has 0 radical (unpaired) electrons. The normalized spacial score (nSPS) is 19.4. The molecule has 0 spiro atoms. The average Bonchev–Trinajstić information content (AvgIpc) is 2.86. The molecule has 0 aromatic heterocycles. The van der Waals surface area contributed by atoms with Crippen LogP contribution in [-0.2, 0) is 4.57 Å². The maximum atomic E-state index is 14.3. The van der Waals surface area contributed by atoms with Crippen LogP contribution in [0.15, 0.2) is 78.9 Å². The lowest BCUT2D eigenvalue weighted by Gasteiger charge is -2.19. The molecule has 0 N–H and O–H groups in total. The number of halogens is 2. The average molecular weight is 416 g/mol. The molecular weight excluding hydrogens is 403 g/mol. The van der Waals surface area contributed by atoms with Gasteiger partial charge in [0.1, 0.15) is 0 Å². The first-order chi connectivity index (χ1) is 11.6. The predicted octanol–water partition coefficient (Wildman–Crippen LogP) is 5.89. The van der Waals surface area contributed by atoms with E-state index in [2.05, 4.69) is 15.9 Å². The minimum Gasteiger partial charge on any atom is -0.309 e. The van der Waals surface area contributed by atoms with E-state index < -0.39 is 7.14 Å². The van der Waals surface area contributed by atoms with Crippen molar-refractivity contribution >= 4 is 55.1 Å². The molecule has 4 rings (SSSR count). The first-order valence-corrected chi connectivity index (χ1v) is 10.4. The summed E-state index contributed by atoms with van der Waals surface area (Å²) in [5.74, 6) is 0. The molecule has 118 valence electrons. The second-order valence-electron chi connectivity index (χ2n) is 5.63. The van der Waals surface area contributed by atoms with E-state index in [1.54, 1.807) is 0 Å². The van der Waals surface area contributed by atoms with Gasteiger partial charge in [0.25, 0.3) is 0 Å². The Balaban J connectivity index is 2.05. The highest BCUT2D eigenvalue weighted by atomic mass is 79.9. The molecular formula is C20H13BrClOP. The van der Waals surface area contributed by atoms with Crippen molar-refractivity contribution in [2.45, 2.75) is 0 Å². The summed E-state index contributed by atoms with van der Waals surface area (Å²) in [5, 5.41) is 3.23. The summed E-state index contributed by atoms with van der Waals surface area (Å²) in [6, 6.07) is 25.1. The summed E-state index contributed by atoms with van der Waals surface area (Å²) in [6.07, 6.45) is 0.